The zero-order valence-corrected chi connectivity index (χ0v) is 14.7. The Morgan fingerprint density at radius 3 is 2.96 bits per heavy atom. The lowest BCUT2D eigenvalue weighted by Crippen LogP contribution is -2.39. The van der Waals surface area contributed by atoms with Crippen molar-refractivity contribution in [1.29, 1.82) is 0 Å². The van der Waals surface area contributed by atoms with Crippen molar-refractivity contribution < 1.29 is 4.39 Å². The van der Waals surface area contributed by atoms with E-state index in [0.29, 0.717) is 6.54 Å². The summed E-state index contributed by atoms with van der Waals surface area (Å²) in [6.07, 6.45) is 3.52. The lowest BCUT2D eigenvalue weighted by atomic mass is 10.1. The summed E-state index contributed by atoms with van der Waals surface area (Å²) in [5.74, 6) is 1.83. The van der Waals surface area contributed by atoms with E-state index in [9.17, 15) is 4.39 Å². The molecule has 1 aliphatic carbocycles. The standard InChI is InChI=1S/C18H25FN6/c1-3-17-24-22-12-25(17)10-9-21-18(20-4-2)23-16-11-14(16)13-7-5-6-8-15(13)19/h5-8,12,14,16H,3-4,9-11H2,1-2H3,(H2,20,21,23). The van der Waals surface area contributed by atoms with Crippen molar-refractivity contribution in [1.82, 2.24) is 25.4 Å². The summed E-state index contributed by atoms with van der Waals surface area (Å²) >= 11 is 0. The van der Waals surface area contributed by atoms with Gasteiger partial charge in [0.25, 0.3) is 0 Å². The van der Waals surface area contributed by atoms with Crippen LogP contribution in [0.4, 0.5) is 4.39 Å². The molecule has 0 saturated heterocycles. The third kappa shape index (κ3) is 4.35. The Labute approximate surface area is 147 Å². The van der Waals surface area contributed by atoms with Gasteiger partial charge >= 0.3 is 0 Å². The van der Waals surface area contributed by atoms with Crippen LogP contribution < -0.4 is 10.6 Å². The van der Waals surface area contributed by atoms with E-state index < -0.39 is 0 Å². The number of nitrogens with one attached hydrogen (secondary N) is 2. The molecule has 7 heteroatoms. The molecule has 1 heterocycles. The maximum absolute atomic E-state index is 13.9. The molecule has 1 aliphatic rings. The van der Waals surface area contributed by atoms with Gasteiger partial charge < -0.3 is 15.2 Å². The number of hydrogen-bond donors (Lipinski definition) is 2. The number of benzene rings is 1. The van der Waals surface area contributed by atoms with Gasteiger partial charge in [-0.3, -0.25) is 4.99 Å². The largest absolute Gasteiger partial charge is 0.357 e. The first-order valence-electron chi connectivity index (χ1n) is 8.88. The van der Waals surface area contributed by atoms with E-state index in [2.05, 4.69) is 32.7 Å². The predicted octanol–water partition coefficient (Wildman–Crippen LogP) is 2.09. The lowest BCUT2D eigenvalue weighted by molar-refractivity contribution is 0.607. The molecule has 2 atom stereocenters. The Kier molecular flexibility index (Phi) is 5.63. The van der Waals surface area contributed by atoms with E-state index in [4.69, 9.17) is 0 Å². The highest BCUT2D eigenvalue weighted by molar-refractivity contribution is 5.80. The Morgan fingerprint density at radius 1 is 1.36 bits per heavy atom. The Hall–Kier alpha value is -2.44. The van der Waals surface area contributed by atoms with Crippen molar-refractivity contribution >= 4 is 5.96 Å². The van der Waals surface area contributed by atoms with Gasteiger partial charge in [0.05, 0.1) is 6.54 Å². The van der Waals surface area contributed by atoms with Gasteiger partial charge in [0.15, 0.2) is 5.96 Å². The highest BCUT2D eigenvalue weighted by Crippen LogP contribution is 2.41. The molecule has 6 nitrogen and oxygen atoms in total. The minimum atomic E-state index is -0.126. The van der Waals surface area contributed by atoms with Crippen LogP contribution >= 0.6 is 0 Å². The number of aliphatic imine (C=N–C) groups is 1. The maximum atomic E-state index is 13.9. The van der Waals surface area contributed by atoms with E-state index >= 15 is 0 Å². The summed E-state index contributed by atoms with van der Waals surface area (Å²) in [4.78, 5) is 4.62. The number of aromatic nitrogens is 3. The topological polar surface area (TPSA) is 67.1 Å². The zero-order valence-electron chi connectivity index (χ0n) is 14.7. The molecular weight excluding hydrogens is 319 g/mol. The monoisotopic (exact) mass is 344 g/mol. The summed E-state index contributed by atoms with van der Waals surface area (Å²) in [6.45, 7) is 6.26. The molecule has 134 valence electrons. The second-order valence-corrected chi connectivity index (χ2v) is 6.17. The maximum Gasteiger partial charge on any atom is 0.191 e. The van der Waals surface area contributed by atoms with Crippen molar-refractivity contribution in [3.05, 3.63) is 47.8 Å². The summed E-state index contributed by atoms with van der Waals surface area (Å²) in [5.41, 5.74) is 0.785. The molecule has 1 aromatic heterocycles. The highest BCUT2D eigenvalue weighted by atomic mass is 19.1. The predicted molar refractivity (Wildman–Crippen MR) is 96.1 cm³/mol. The normalized spacial score (nSPS) is 19.7. The number of rotatable bonds is 7. The van der Waals surface area contributed by atoms with Gasteiger partial charge in [-0.2, -0.15) is 0 Å². The van der Waals surface area contributed by atoms with E-state index in [1.807, 2.05) is 23.6 Å². The molecule has 0 amide bonds. The van der Waals surface area contributed by atoms with Crippen LogP contribution in [-0.4, -0.2) is 39.9 Å². The second kappa shape index (κ2) is 8.09. The molecule has 2 unspecified atom stereocenters. The summed E-state index contributed by atoms with van der Waals surface area (Å²) in [6, 6.07) is 7.23. The van der Waals surface area contributed by atoms with Gasteiger partial charge in [0.2, 0.25) is 0 Å². The van der Waals surface area contributed by atoms with Crippen molar-refractivity contribution in [2.45, 2.75) is 45.2 Å². The fraction of sp³-hybridized carbons (Fsp3) is 0.500. The molecule has 1 fully saturated rings. The molecule has 2 aromatic rings. The van der Waals surface area contributed by atoms with E-state index in [1.165, 1.54) is 6.07 Å². The minimum absolute atomic E-state index is 0.126. The van der Waals surface area contributed by atoms with Gasteiger partial charge in [-0.15, -0.1) is 10.2 Å². The molecule has 2 N–H and O–H groups in total. The smallest absolute Gasteiger partial charge is 0.191 e. The summed E-state index contributed by atoms with van der Waals surface area (Å²) < 4.78 is 15.9. The van der Waals surface area contributed by atoms with Crippen molar-refractivity contribution in [3.8, 4) is 0 Å². The van der Waals surface area contributed by atoms with Crippen molar-refractivity contribution in [3.63, 3.8) is 0 Å². The summed E-state index contributed by atoms with van der Waals surface area (Å²) in [7, 11) is 0. The first-order valence-corrected chi connectivity index (χ1v) is 8.88. The SMILES string of the molecule is CCNC(=NCCn1cnnc1CC)NC1CC1c1ccccc1F. The first-order chi connectivity index (χ1) is 12.2. The van der Waals surface area contributed by atoms with Crippen LogP contribution in [-0.2, 0) is 13.0 Å². The lowest BCUT2D eigenvalue weighted by Gasteiger charge is -2.12. The van der Waals surface area contributed by atoms with Gasteiger partial charge in [0.1, 0.15) is 18.0 Å². The molecule has 0 aliphatic heterocycles. The third-order valence-corrected chi connectivity index (χ3v) is 4.38. The Bertz CT molecular complexity index is 726. The van der Waals surface area contributed by atoms with Gasteiger partial charge in [-0.05, 0) is 25.0 Å². The highest BCUT2D eigenvalue weighted by Gasteiger charge is 2.40. The quantitative estimate of drug-likeness (QED) is 0.596. The fourth-order valence-corrected chi connectivity index (χ4v) is 2.98. The average molecular weight is 344 g/mol. The van der Waals surface area contributed by atoms with Crippen LogP contribution in [0.2, 0.25) is 0 Å². The van der Waals surface area contributed by atoms with Gasteiger partial charge in [-0.25, -0.2) is 4.39 Å². The number of hydrogen-bond acceptors (Lipinski definition) is 3. The van der Waals surface area contributed by atoms with Crippen LogP contribution in [0.3, 0.4) is 0 Å². The average Bonchev–Trinajstić information content (AvgIpc) is 3.21. The second-order valence-electron chi connectivity index (χ2n) is 6.17. The number of guanidine groups is 1. The van der Waals surface area contributed by atoms with E-state index in [0.717, 1.165) is 43.3 Å². The molecule has 0 radical (unpaired) electrons. The van der Waals surface area contributed by atoms with Crippen LogP contribution in [0.15, 0.2) is 35.6 Å². The van der Waals surface area contributed by atoms with Crippen molar-refractivity contribution in [2.24, 2.45) is 4.99 Å². The van der Waals surface area contributed by atoms with Gasteiger partial charge in [-0.1, -0.05) is 25.1 Å². The zero-order chi connectivity index (χ0) is 17.6. The van der Waals surface area contributed by atoms with Crippen LogP contribution in [0.5, 0.6) is 0 Å². The molecule has 25 heavy (non-hydrogen) atoms. The van der Waals surface area contributed by atoms with E-state index in [-0.39, 0.29) is 17.8 Å². The van der Waals surface area contributed by atoms with Crippen LogP contribution in [0, 0.1) is 5.82 Å². The van der Waals surface area contributed by atoms with Crippen LogP contribution in [0.1, 0.15) is 37.6 Å². The Morgan fingerprint density at radius 2 is 2.20 bits per heavy atom. The number of aryl methyl sites for hydroxylation is 1. The Balaban J connectivity index is 1.56. The molecule has 3 rings (SSSR count). The minimum Gasteiger partial charge on any atom is -0.357 e. The third-order valence-electron chi connectivity index (χ3n) is 4.38. The molecular formula is C18H25FN6. The number of nitrogens with zero attached hydrogens (tertiary/aromatic N) is 4. The number of halogens is 1. The van der Waals surface area contributed by atoms with Crippen molar-refractivity contribution in [2.75, 3.05) is 13.1 Å². The van der Waals surface area contributed by atoms with Gasteiger partial charge in [0, 0.05) is 31.5 Å². The molecule has 1 aromatic carbocycles. The van der Waals surface area contributed by atoms with Crippen LogP contribution in [0.25, 0.3) is 0 Å². The molecule has 0 spiro atoms. The molecule has 0 bridgehead atoms. The van der Waals surface area contributed by atoms with E-state index in [1.54, 1.807) is 12.4 Å². The first kappa shape index (κ1) is 17.4. The fourth-order valence-electron chi connectivity index (χ4n) is 2.98. The molecule has 1 saturated carbocycles. The summed E-state index contributed by atoms with van der Waals surface area (Å²) in [5, 5.41) is 14.7.